The van der Waals surface area contributed by atoms with E-state index in [0.717, 1.165) is 10.6 Å². The van der Waals surface area contributed by atoms with Crippen molar-refractivity contribution in [2.24, 2.45) is 5.92 Å². The van der Waals surface area contributed by atoms with Crippen LogP contribution in [0, 0.1) is 5.92 Å². The zero-order chi connectivity index (χ0) is 17.5. The predicted molar refractivity (Wildman–Crippen MR) is 98.7 cm³/mol. The summed E-state index contributed by atoms with van der Waals surface area (Å²) in [5, 5.41) is 14.0. The van der Waals surface area contributed by atoms with E-state index in [0.29, 0.717) is 12.0 Å². The van der Waals surface area contributed by atoms with Gasteiger partial charge in [0.2, 0.25) is 0 Å². The standard InChI is InChI=1S/C18H21NO3S2/c1-12(2)10-15(18(21)22)19-17(20)14-7-3-4-8-16(14)24-11-13-6-5-9-23-13/h3-9,12,15H,10-11H2,1-2H3,(H,19,20)(H,21,22)/t15-/m1/s1. The fraction of sp³-hybridized carbons (Fsp3) is 0.333. The summed E-state index contributed by atoms with van der Waals surface area (Å²) in [6.45, 7) is 3.87. The summed E-state index contributed by atoms with van der Waals surface area (Å²) in [4.78, 5) is 26.0. The van der Waals surface area contributed by atoms with Gasteiger partial charge >= 0.3 is 5.97 Å². The smallest absolute Gasteiger partial charge is 0.326 e. The molecule has 0 bridgehead atoms. The maximum Gasteiger partial charge on any atom is 0.326 e. The van der Waals surface area contributed by atoms with Crippen molar-refractivity contribution < 1.29 is 14.7 Å². The molecule has 2 rings (SSSR count). The number of hydrogen-bond acceptors (Lipinski definition) is 4. The lowest BCUT2D eigenvalue weighted by atomic mass is 10.0. The molecule has 1 heterocycles. The summed E-state index contributed by atoms with van der Waals surface area (Å²) in [5.41, 5.74) is 0.522. The van der Waals surface area contributed by atoms with Crippen LogP contribution in [0.5, 0.6) is 0 Å². The Bertz CT molecular complexity index is 683. The molecule has 1 aromatic carbocycles. The van der Waals surface area contributed by atoms with Crippen molar-refractivity contribution in [3.63, 3.8) is 0 Å². The third kappa shape index (κ3) is 5.39. The summed E-state index contributed by atoms with van der Waals surface area (Å²) in [5.74, 6) is -0.357. The Morgan fingerprint density at radius 1 is 1.21 bits per heavy atom. The lowest BCUT2D eigenvalue weighted by molar-refractivity contribution is -0.139. The molecular formula is C18H21NO3S2. The monoisotopic (exact) mass is 363 g/mol. The Hall–Kier alpha value is -1.79. The van der Waals surface area contributed by atoms with Gasteiger partial charge in [-0.2, -0.15) is 0 Å². The van der Waals surface area contributed by atoms with Crippen LogP contribution in [-0.4, -0.2) is 23.0 Å². The number of thiophene rings is 1. The normalized spacial score (nSPS) is 12.1. The van der Waals surface area contributed by atoms with Crippen LogP contribution < -0.4 is 5.32 Å². The lowest BCUT2D eigenvalue weighted by Crippen LogP contribution is -2.41. The fourth-order valence-electron chi connectivity index (χ4n) is 2.25. The molecule has 0 aliphatic heterocycles. The third-order valence-corrected chi connectivity index (χ3v) is 5.57. The molecule has 1 atom stereocenters. The molecule has 128 valence electrons. The van der Waals surface area contributed by atoms with Crippen molar-refractivity contribution in [1.82, 2.24) is 5.32 Å². The molecule has 0 spiro atoms. The first-order valence-corrected chi connectivity index (χ1v) is 9.61. The van der Waals surface area contributed by atoms with E-state index in [9.17, 15) is 14.7 Å². The van der Waals surface area contributed by atoms with Crippen LogP contribution in [-0.2, 0) is 10.5 Å². The number of hydrogen-bond donors (Lipinski definition) is 2. The van der Waals surface area contributed by atoms with E-state index in [1.807, 2.05) is 37.4 Å². The molecule has 0 saturated carbocycles. The summed E-state index contributed by atoms with van der Waals surface area (Å²) < 4.78 is 0. The number of carboxylic acids is 1. The van der Waals surface area contributed by atoms with E-state index in [1.165, 1.54) is 4.88 Å². The molecule has 2 N–H and O–H groups in total. The molecule has 24 heavy (non-hydrogen) atoms. The number of aliphatic carboxylic acids is 1. The largest absolute Gasteiger partial charge is 0.480 e. The lowest BCUT2D eigenvalue weighted by Gasteiger charge is -2.17. The van der Waals surface area contributed by atoms with E-state index in [1.54, 1.807) is 35.2 Å². The summed E-state index contributed by atoms with van der Waals surface area (Å²) in [6, 6.07) is 10.5. The van der Waals surface area contributed by atoms with Crippen LogP contribution in [0.3, 0.4) is 0 Å². The Morgan fingerprint density at radius 2 is 1.96 bits per heavy atom. The molecule has 0 aliphatic carbocycles. The van der Waals surface area contributed by atoms with Gasteiger partial charge in [0.1, 0.15) is 6.04 Å². The van der Waals surface area contributed by atoms with Gasteiger partial charge in [0, 0.05) is 15.5 Å². The molecule has 0 saturated heterocycles. The number of amides is 1. The first-order chi connectivity index (χ1) is 11.5. The summed E-state index contributed by atoms with van der Waals surface area (Å²) >= 11 is 3.26. The van der Waals surface area contributed by atoms with Gasteiger partial charge in [0.15, 0.2) is 0 Å². The second kappa shape index (κ2) is 8.89. The van der Waals surface area contributed by atoms with Gasteiger partial charge < -0.3 is 10.4 Å². The molecule has 2 aromatic rings. The van der Waals surface area contributed by atoms with Crippen molar-refractivity contribution >= 4 is 35.0 Å². The Morgan fingerprint density at radius 3 is 2.58 bits per heavy atom. The highest BCUT2D eigenvalue weighted by Crippen LogP contribution is 2.28. The van der Waals surface area contributed by atoms with Crippen LogP contribution >= 0.6 is 23.1 Å². The highest BCUT2D eigenvalue weighted by molar-refractivity contribution is 7.98. The van der Waals surface area contributed by atoms with Gasteiger partial charge in [-0.1, -0.05) is 32.0 Å². The van der Waals surface area contributed by atoms with Crippen LogP contribution in [0.4, 0.5) is 0 Å². The molecule has 0 radical (unpaired) electrons. The number of thioether (sulfide) groups is 1. The highest BCUT2D eigenvalue weighted by Gasteiger charge is 2.22. The van der Waals surface area contributed by atoms with Gasteiger partial charge in [-0.15, -0.1) is 23.1 Å². The van der Waals surface area contributed by atoms with E-state index in [2.05, 4.69) is 11.4 Å². The van der Waals surface area contributed by atoms with E-state index < -0.39 is 12.0 Å². The fourth-order valence-corrected chi connectivity index (χ4v) is 4.08. The molecule has 0 unspecified atom stereocenters. The molecule has 0 fully saturated rings. The van der Waals surface area contributed by atoms with Gasteiger partial charge in [0.25, 0.3) is 5.91 Å². The predicted octanol–water partition coefficient (Wildman–Crippen LogP) is 4.27. The minimum atomic E-state index is -0.999. The Labute approximate surface area is 150 Å². The molecule has 1 aromatic heterocycles. The van der Waals surface area contributed by atoms with Crippen LogP contribution in [0.15, 0.2) is 46.7 Å². The van der Waals surface area contributed by atoms with Crippen molar-refractivity contribution in [3.05, 3.63) is 52.2 Å². The number of nitrogens with one attached hydrogen (secondary N) is 1. The zero-order valence-electron chi connectivity index (χ0n) is 13.7. The maximum absolute atomic E-state index is 12.5. The van der Waals surface area contributed by atoms with Crippen molar-refractivity contribution in [2.45, 2.75) is 37.0 Å². The van der Waals surface area contributed by atoms with Gasteiger partial charge in [-0.3, -0.25) is 4.79 Å². The van der Waals surface area contributed by atoms with Crippen molar-refractivity contribution in [3.8, 4) is 0 Å². The minimum absolute atomic E-state index is 0.190. The second-order valence-corrected chi connectivity index (χ2v) is 7.91. The quantitative estimate of drug-likeness (QED) is 0.688. The minimum Gasteiger partial charge on any atom is -0.480 e. The summed E-state index contributed by atoms with van der Waals surface area (Å²) in [7, 11) is 0. The van der Waals surface area contributed by atoms with E-state index >= 15 is 0 Å². The molecule has 1 amide bonds. The zero-order valence-corrected chi connectivity index (χ0v) is 15.3. The first-order valence-electron chi connectivity index (χ1n) is 7.75. The molecule has 6 heteroatoms. The van der Waals surface area contributed by atoms with Gasteiger partial charge in [0.05, 0.1) is 5.56 Å². The second-order valence-electron chi connectivity index (χ2n) is 5.86. The number of benzene rings is 1. The Balaban J connectivity index is 2.09. The van der Waals surface area contributed by atoms with Crippen molar-refractivity contribution in [2.75, 3.05) is 0 Å². The SMILES string of the molecule is CC(C)C[C@@H](NC(=O)c1ccccc1SCc1cccs1)C(=O)O. The highest BCUT2D eigenvalue weighted by atomic mass is 32.2. The molecule has 0 aliphatic rings. The Kier molecular flexibility index (Phi) is 6.87. The maximum atomic E-state index is 12.5. The number of rotatable bonds is 8. The molecular weight excluding hydrogens is 342 g/mol. The van der Waals surface area contributed by atoms with Crippen LogP contribution in [0.25, 0.3) is 0 Å². The average molecular weight is 364 g/mol. The van der Waals surface area contributed by atoms with Gasteiger partial charge in [-0.25, -0.2) is 4.79 Å². The average Bonchev–Trinajstić information content (AvgIpc) is 3.05. The number of carbonyl (C=O) groups is 2. The number of carbonyl (C=O) groups excluding carboxylic acids is 1. The van der Waals surface area contributed by atoms with Crippen LogP contribution in [0.1, 0.15) is 35.5 Å². The van der Waals surface area contributed by atoms with Crippen LogP contribution in [0.2, 0.25) is 0 Å². The van der Waals surface area contributed by atoms with Gasteiger partial charge in [-0.05, 0) is 35.9 Å². The topological polar surface area (TPSA) is 66.4 Å². The summed E-state index contributed by atoms with van der Waals surface area (Å²) in [6.07, 6.45) is 0.408. The van der Waals surface area contributed by atoms with E-state index in [4.69, 9.17) is 0 Å². The molecule has 4 nitrogen and oxygen atoms in total. The number of carboxylic acid groups (broad SMARTS) is 1. The van der Waals surface area contributed by atoms with E-state index in [-0.39, 0.29) is 11.8 Å². The first kappa shape index (κ1) is 18.5. The van der Waals surface area contributed by atoms with Crippen molar-refractivity contribution in [1.29, 1.82) is 0 Å². The third-order valence-electron chi connectivity index (χ3n) is 3.39.